The normalized spacial score (nSPS) is 19.6. The van der Waals surface area contributed by atoms with Crippen molar-refractivity contribution >= 4 is 15.7 Å². The summed E-state index contributed by atoms with van der Waals surface area (Å²) in [5, 5.41) is 0. The largest absolute Gasteiger partial charge is 0.398 e. The maximum atomic E-state index is 12.7. The monoisotopic (exact) mass is 298 g/mol. The second-order valence-electron chi connectivity index (χ2n) is 5.23. The molecule has 2 N–H and O–H groups in total. The molecular formula is C14H22N2O3S. The van der Waals surface area contributed by atoms with Gasteiger partial charge in [0.1, 0.15) is 4.90 Å². The molecule has 1 saturated heterocycles. The summed E-state index contributed by atoms with van der Waals surface area (Å²) in [6, 6.07) is 5.06. The Labute approximate surface area is 120 Å². The molecule has 0 saturated carbocycles. The Bertz CT molecular complexity index is 566. The Morgan fingerprint density at radius 3 is 2.75 bits per heavy atom. The average Bonchev–Trinajstić information content (AvgIpc) is 2.88. The molecule has 1 aromatic rings. The van der Waals surface area contributed by atoms with Gasteiger partial charge in [0.05, 0.1) is 12.3 Å². The lowest BCUT2D eigenvalue weighted by molar-refractivity contribution is 0.181. The van der Waals surface area contributed by atoms with E-state index in [9.17, 15) is 8.42 Å². The molecule has 0 aromatic heterocycles. The van der Waals surface area contributed by atoms with Gasteiger partial charge in [-0.3, -0.25) is 0 Å². The Morgan fingerprint density at radius 2 is 2.20 bits per heavy atom. The smallest absolute Gasteiger partial charge is 0.245 e. The highest BCUT2D eigenvalue weighted by molar-refractivity contribution is 7.89. The zero-order valence-electron chi connectivity index (χ0n) is 12.0. The van der Waals surface area contributed by atoms with Crippen LogP contribution in [0.5, 0.6) is 0 Å². The summed E-state index contributed by atoms with van der Waals surface area (Å²) < 4.78 is 32.2. The number of nitrogens with zero attached hydrogens (tertiary/aromatic N) is 1. The lowest BCUT2D eigenvalue weighted by Crippen LogP contribution is -2.35. The van der Waals surface area contributed by atoms with Crippen molar-refractivity contribution in [3.8, 4) is 0 Å². The lowest BCUT2D eigenvalue weighted by Gasteiger charge is -2.24. The molecule has 20 heavy (non-hydrogen) atoms. The predicted octanol–water partition coefficient (Wildman–Crippen LogP) is 1.62. The third-order valence-electron chi connectivity index (χ3n) is 3.62. The zero-order valence-corrected chi connectivity index (χ0v) is 12.8. The summed E-state index contributed by atoms with van der Waals surface area (Å²) in [7, 11) is -3.53. The van der Waals surface area contributed by atoms with E-state index in [2.05, 4.69) is 0 Å². The first kappa shape index (κ1) is 15.3. The molecule has 1 aromatic carbocycles. The first-order valence-corrected chi connectivity index (χ1v) is 8.33. The summed E-state index contributed by atoms with van der Waals surface area (Å²) in [5.41, 5.74) is 7.14. The third-order valence-corrected chi connectivity index (χ3v) is 5.64. The van der Waals surface area contributed by atoms with Crippen molar-refractivity contribution in [2.75, 3.05) is 32.0 Å². The minimum Gasteiger partial charge on any atom is -0.398 e. The molecule has 1 fully saturated rings. The van der Waals surface area contributed by atoms with Crippen LogP contribution >= 0.6 is 0 Å². The van der Waals surface area contributed by atoms with Crippen LogP contribution in [-0.4, -0.2) is 39.0 Å². The van der Waals surface area contributed by atoms with Gasteiger partial charge in [0.2, 0.25) is 10.0 Å². The third kappa shape index (κ3) is 3.13. The molecule has 1 unspecified atom stereocenters. The second-order valence-corrected chi connectivity index (χ2v) is 7.13. The zero-order chi connectivity index (χ0) is 14.8. The molecule has 2 rings (SSSR count). The molecule has 1 aliphatic rings. The van der Waals surface area contributed by atoms with Crippen LogP contribution in [0, 0.1) is 12.8 Å². The Balaban J connectivity index is 2.26. The van der Waals surface area contributed by atoms with E-state index in [4.69, 9.17) is 10.5 Å². The Hall–Kier alpha value is -1.11. The van der Waals surface area contributed by atoms with Crippen molar-refractivity contribution in [1.29, 1.82) is 0 Å². The van der Waals surface area contributed by atoms with Gasteiger partial charge in [0, 0.05) is 19.7 Å². The van der Waals surface area contributed by atoms with E-state index in [0.29, 0.717) is 25.4 Å². The first-order valence-electron chi connectivity index (χ1n) is 6.89. The van der Waals surface area contributed by atoms with Crippen molar-refractivity contribution in [1.82, 2.24) is 4.31 Å². The molecule has 1 aliphatic heterocycles. The molecule has 0 bridgehead atoms. The van der Waals surface area contributed by atoms with Crippen LogP contribution in [0.3, 0.4) is 0 Å². The predicted molar refractivity (Wildman–Crippen MR) is 79.0 cm³/mol. The first-order chi connectivity index (χ1) is 9.45. The molecule has 1 heterocycles. The summed E-state index contributed by atoms with van der Waals surface area (Å²) in [5.74, 6) is 0.274. The minimum atomic E-state index is -3.53. The van der Waals surface area contributed by atoms with Crippen molar-refractivity contribution in [3.05, 3.63) is 23.8 Å². The summed E-state index contributed by atoms with van der Waals surface area (Å²) in [6.45, 7) is 6.01. The molecule has 1 atom stereocenters. The van der Waals surface area contributed by atoms with Crippen molar-refractivity contribution < 1.29 is 13.2 Å². The number of nitrogens with two attached hydrogens (primary N) is 1. The maximum absolute atomic E-state index is 12.7. The van der Waals surface area contributed by atoms with Gasteiger partial charge >= 0.3 is 0 Å². The van der Waals surface area contributed by atoms with Crippen LogP contribution in [0.1, 0.15) is 18.9 Å². The number of hydrogen-bond donors (Lipinski definition) is 1. The number of hydrogen-bond acceptors (Lipinski definition) is 4. The van der Waals surface area contributed by atoms with Gasteiger partial charge in [-0.1, -0.05) is 13.0 Å². The molecule has 0 aliphatic carbocycles. The van der Waals surface area contributed by atoms with Crippen LogP contribution in [0.15, 0.2) is 23.1 Å². The van der Waals surface area contributed by atoms with E-state index in [1.165, 1.54) is 4.31 Å². The quantitative estimate of drug-likeness (QED) is 0.839. The van der Waals surface area contributed by atoms with Crippen LogP contribution in [0.25, 0.3) is 0 Å². The van der Waals surface area contributed by atoms with Crippen molar-refractivity contribution in [2.45, 2.75) is 25.2 Å². The summed E-state index contributed by atoms with van der Waals surface area (Å²) in [6.07, 6.45) is 0.912. The van der Waals surface area contributed by atoms with E-state index in [-0.39, 0.29) is 10.8 Å². The molecule has 0 radical (unpaired) electrons. The SMILES string of the molecule is CCN(CC1CCOC1)S(=O)(=O)c1ccc(C)cc1N. The van der Waals surface area contributed by atoms with E-state index < -0.39 is 10.0 Å². The number of benzene rings is 1. The van der Waals surface area contributed by atoms with Crippen molar-refractivity contribution in [3.63, 3.8) is 0 Å². The number of anilines is 1. The van der Waals surface area contributed by atoms with E-state index >= 15 is 0 Å². The molecular weight excluding hydrogens is 276 g/mol. The highest BCUT2D eigenvalue weighted by Crippen LogP contribution is 2.25. The van der Waals surface area contributed by atoms with Gasteiger partial charge in [0.15, 0.2) is 0 Å². The number of sulfonamides is 1. The lowest BCUT2D eigenvalue weighted by atomic mass is 10.1. The fraction of sp³-hybridized carbons (Fsp3) is 0.571. The number of aryl methyl sites for hydroxylation is 1. The van der Waals surface area contributed by atoms with Gasteiger partial charge in [-0.15, -0.1) is 0 Å². The fourth-order valence-electron chi connectivity index (χ4n) is 2.45. The number of ether oxygens (including phenoxy) is 1. The molecule has 5 nitrogen and oxygen atoms in total. The standard InChI is InChI=1S/C14H22N2O3S/c1-3-16(9-12-6-7-19-10-12)20(17,18)14-5-4-11(2)8-13(14)15/h4-5,8,12H,3,6-7,9-10,15H2,1-2H3. The van der Waals surface area contributed by atoms with Crippen LogP contribution in [-0.2, 0) is 14.8 Å². The maximum Gasteiger partial charge on any atom is 0.245 e. The molecule has 6 heteroatoms. The van der Waals surface area contributed by atoms with Crippen molar-refractivity contribution in [2.24, 2.45) is 5.92 Å². The molecule has 112 valence electrons. The topological polar surface area (TPSA) is 72.6 Å². The van der Waals surface area contributed by atoms with E-state index in [0.717, 1.165) is 18.6 Å². The summed E-state index contributed by atoms with van der Waals surface area (Å²) in [4.78, 5) is 0.198. The number of rotatable bonds is 5. The minimum absolute atomic E-state index is 0.198. The Kier molecular flexibility index (Phi) is 4.67. The van der Waals surface area contributed by atoms with E-state index in [1.807, 2.05) is 13.8 Å². The van der Waals surface area contributed by atoms with E-state index in [1.54, 1.807) is 18.2 Å². The fourth-order valence-corrected chi connectivity index (χ4v) is 4.08. The second kappa shape index (κ2) is 6.11. The van der Waals surface area contributed by atoms with Gasteiger partial charge in [-0.25, -0.2) is 8.42 Å². The van der Waals surface area contributed by atoms with Gasteiger partial charge < -0.3 is 10.5 Å². The highest BCUT2D eigenvalue weighted by atomic mass is 32.2. The number of nitrogen functional groups attached to an aromatic ring is 1. The molecule has 0 amide bonds. The van der Waals surface area contributed by atoms with Gasteiger partial charge in [0.25, 0.3) is 0 Å². The molecule has 0 spiro atoms. The van der Waals surface area contributed by atoms with Gasteiger partial charge in [-0.05, 0) is 37.0 Å². The van der Waals surface area contributed by atoms with Crippen LogP contribution in [0.2, 0.25) is 0 Å². The summed E-state index contributed by atoms with van der Waals surface area (Å²) >= 11 is 0. The average molecular weight is 298 g/mol. The highest BCUT2D eigenvalue weighted by Gasteiger charge is 2.29. The van der Waals surface area contributed by atoms with Gasteiger partial charge in [-0.2, -0.15) is 4.31 Å². The van der Waals surface area contributed by atoms with Crippen LogP contribution in [0.4, 0.5) is 5.69 Å². The Morgan fingerprint density at radius 1 is 1.45 bits per heavy atom. The van der Waals surface area contributed by atoms with Crippen LogP contribution < -0.4 is 5.73 Å².